The summed E-state index contributed by atoms with van der Waals surface area (Å²) in [6.07, 6.45) is 12.3. The Balaban J connectivity index is 2.35. The Bertz CT molecular complexity index is 372. The van der Waals surface area contributed by atoms with Gasteiger partial charge in [0.25, 0.3) is 0 Å². The van der Waals surface area contributed by atoms with E-state index in [9.17, 15) is 0 Å². The minimum atomic E-state index is 0.181. The van der Waals surface area contributed by atoms with E-state index in [0.717, 1.165) is 6.54 Å². The van der Waals surface area contributed by atoms with E-state index >= 15 is 0 Å². The highest BCUT2D eigenvalue weighted by atomic mass is 16.3. The second-order valence-electron chi connectivity index (χ2n) is 3.64. The number of aliphatic hydroxyl groups excluding tert-OH is 1. The standard InChI is InChI=1S/C12H16N2O/c15-12-11-14(9-5-2-6-10-14)13-7-3-1-4-8-13/h1-9,15H,10-12H2/q+2. The van der Waals surface area contributed by atoms with Gasteiger partial charge in [-0.3, -0.25) is 0 Å². The van der Waals surface area contributed by atoms with E-state index in [1.54, 1.807) is 0 Å². The molecule has 0 aliphatic carbocycles. The lowest BCUT2D eigenvalue weighted by Gasteiger charge is -2.26. The van der Waals surface area contributed by atoms with Gasteiger partial charge in [-0.05, 0) is 22.9 Å². The fourth-order valence-electron chi connectivity index (χ4n) is 1.87. The average molecular weight is 204 g/mol. The van der Waals surface area contributed by atoms with Gasteiger partial charge in [-0.1, -0.05) is 10.7 Å². The molecule has 3 heteroatoms. The second-order valence-corrected chi connectivity index (χ2v) is 3.64. The molecule has 1 aliphatic heterocycles. The zero-order chi connectivity index (χ0) is 10.6. The fourth-order valence-corrected chi connectivity index (χ4v) is 1.87. The Morgan fingerprint density at radius 3 is 2.53 bits per heavy atom. The van der Waals surface area contributed by atoms with Crippen LogP contribution in [0.5, 0.6) is 0 Å². The minimum Gasteiger partial charge on any atom is -0.390 e. The molecule has 0 amide bonds. The van der Waals surface area contributed by atoms with Crippen molar-refractivity contribution in [2.75, 3.05) is 19.7 Å². The minimum absolute atomic E-state index is 0.181. The number of hydrogen-bond acceptors (Lipinski definition) is 1. The number of rotatable bonds is 3. The van der Waals surface area contributed by atoms with E-state index in [0.29, 0.717) is 11.1 Å². The summed E-state index contributed by atoms with van der Waals surface area (Å²) in [6, 6.07) is 6.00. The van der Waals surface area contributed by atoms with Gasteiger partial charge in [0.15, 0.2) is 19.3 Å². The van der Waals surface area contributed by atoms with Crippen LogP contribution in [-0.4, -0.2) is 24.8 Å². The highest BCUT2D eigenvalue weighted by Gasteiger charge is 2.34. The van der Waals surface area contributed by atoms with Crippen molar-refractivity contribution in [3.8, 4) is 0 Å². The van der Waals surface area contributed by atoms with Gasteiger partial charge in [-0.25, -0.2) is 0 Å². The summed E-state index contributed by atoms with van der Waals surface area (Å²) in [7, 11) is 0. The lowest BCUT2D eigenvalue weighted by Crippen LogP contribution is -2.73. The third kappa shape index (κ3) is 1.98. The molecule has 1 N–H and O–H groups in total. The molecule has 15 heavy (non-hydrogen) atoms. The maximum Gasteiger partial charge on any atom is 0.230 e. The molecule has 78 valence electrons. The van der Waals surface area contributed by atoms with Crippen molar-refractivity contribution in [3.63, 3.8) is 0 Å². The van der Waals surface area contributed by atoms with E-state index in [1.807, 2.05) is 42.7 Å². The molecule has 1 aromatic rings. The first kappa shape index (κ1) is 10.1. The van der Waals surface area contributed by atoms with Crippen molar-refractivity contribution >= 4 is 0 Å². The first-order chi connectivity index (χ1) is 7.37. The lowest BCUT2D eigenvalue weighted by atomic mass is 10.3. The van der Waals surface area contributed by atoms with Crippen LogP contribution in [-0.2, 0) is 0 Å². The van der Waals surface area contributed by atoms with E-state index in [1.165, 1.54) is 0 Å². The Hall–Kier alpha value is -1.45. The molecule has 0 aromatic carbocycles. The molecule has 2 heterocycles. The van der Waals surface area contributed by atoms with Crippen molar-refractivity contribution in [1.29, 1.82) is 0 Å². The van der Waals surface area contributed by atoms with Crippen molar-refractivity contribution in [1.82, 2.24) is 4.59 Å². The number of aliphatic hydroxyl groups is 1. The predicted molar refractivity (Wildman–Crippen MR) is 59.3 cm³/mol. The molecule has 0 fully saturated rings. The largest absolute Gasteiger partial charge is 0.390 e. The summed E-state index contributed by atoms with van der Waals surface area (Å²) in [4.78, 5) is 0. The Morgan fingerprint density at radius 1 is 1.13 bits per heavy atom. The molecular formula is C12H16N2O+2. The lowest BCUT2D eigenvalue weighted by molar-refractivity contribution is -0.811. The second kappa shape index (κ2) is 4.38. The smallest absolute Gasteiger partial charge is 0.230 e. The fraction of sp³-hybridized carbons (Fsp3) is 0.250. The van der Waals surface area contributed by atoms with Gasteiger partial charge in [0.05, 0.1) is 6.61 Å². The summed E-state index contributed by atoms with van der Waals surface area (Å²) in [5.74, 6) is 0. The maximum absolute atomic E-state index is 9.16. The highest BCUT2D eigenvalue weighted by molar-refractivity contribution is 5.12. The number of allylic oxidation sites excluding steroid dienone is 2. The molecule has 1 aliphatic rings. The monoisotopic (exact) mass is 204 g/mol. The van der Waals surface area contributed by atoms with Crippen molar-refractivity contribution < 1.29 is 9.78 Å². The molecule has 1 aromatic heterocycles. The summed E-state index contributed by atoms with van der Waals surface area (Å²) < 4.78 is 2.74. The third-order valence-corrected chi connectivity index (χ3v) is 2.68. The van der Waals surface area contributed by atoms with Gasteiger partial charge >= 0.3 is 0 Å². The summed E-state index contributed by atoms with van der Waals surface area (Å²) >= 11 is 0. The van der Waals surface area contributed by atoms with Crippen LogP contribution in [0.4, 0.5) is 0 Å². The predicted octanol–water partition coefficient (Wildman–Crippen LogP) is 0.489. The number of pyridine rings is 1. The third-order valence-electron chi connectivity index (χ3n) is 2.68. The van der Waals surface area contributed by atoms with Crippen molar-refractivity contribution in [2.24, 2.45) is 0 Å². The van der Waals surface area contributed by atoms with Crippen LogP contribution in [0.25, 0.3) is 0 Å². The van der Waals surface area contributed by atoms with Crippen molar-refractivity contribution in [2.45, 2.75) is 0 Å². The Kier molecular flexibility index (Phi) is 2.94. The molecular weight excluding hydrogens is 188 g/mol. The average Bonchev–Trinajstić information content (AvgIpc) is 2.32. The quantitative estimate of drug-likeness (QED) is 0.562. The van der Waals surface area contributed by atoms with Gasteiger partial charge < -0.3 is 5.11 Å². The summed E-state index contributed by atoms with van der Waals surface area (Å²) in [5, 5.41) is 9.16. The molecule has 0 radical (unpaired) electrons. The van der Waals surface area contributed by atoms with Crippen LogP contribution in [0.1, 0.15) is 0 Å². The van der Waals surface area contributed by atoms with Crippen LogP contribution < -0.4 is 9.27 Å². The van der Waals surface area contributed by atoms with Crippen molar-refractivity contribution in [3.05, 3.63) is 55.0 Å². The number of nitrogens with zero attached hydrogens (tertiary/aromatic N) is 2. The van der Waals surface area contributed by atoms with Gasteiger partial charge in [0.2, 0.25) is 12.4 Å². The van der Waals surface area contributed by atoms with Crippen LogP contribution in [0.2, 0.25) is 0 Å². The zero-order valence-corrected chi connectivity index (χ0v) is 8.66. The summed E-state index contributed by atoms with van der Waals surface area (Å²) in [5.41, 5.74) is 0. The zero-order valence-electron chi connectivity index (χ0n) is 8.66. The molecule has 3 nitrogen and oxygen atoms in total. The van der Waals surface area contributed by atoms with Crippen LogP contribution >= 0.6 is 0 Å². The first-order valence-corrected chi connectivity index (χ1v) is 5.16. The summed E-state index contributed by atoms with van der Waals surface area (Å²) in [6.45, 7) is 1.75. The number of aromatic nitrogens is 1. The number of hydrogen-bond donors (Lipinski definition) is 1. The van der Waals surface area contributed by atoms with Crippen LogP contribution in [0.15, 0.2) is 55.0 Å². The van der Waals surface area contributed by atoms with Crippen LogP contribution in [0, 0.1) is 0 Å². The number of quaternary nitrogens is 1. The van der Waals surface area contributed by atoms with E-state index in [2.05, 4.69) is 17.0 Å². The molecule has 1 unspecified atom stereocenters. The Labute approximate surface area is 89.8 Å². The highest BCUT2D eigenvalue weighted by Crippen LogP contribution is 2.04. The normalized spacial score (nSPS) is 24.3. The molecule has 1 atom stereocenters. The van der Waals surface area contributed by atoms with Gasteiger partial charge in [0, 0.05) is 12.1 Å². The molecule has 0 spiro atoms. The first-order valence-electron chi connectivity index (χ1n) is 5.16. The SMILES string of the molecule is OCC[N+]1([n+]2ccccc2)C=CC=CC1. The van der Waals surface area contributed by atoms with E-state index in [-0.39, 0.29) is 6.61 Å². The van der Waals surface area contributed by atoms with Gasteiger partial charge in [-0.2, -0.15) is 0 Å². The molecule has 0 saturated heterocycles. The topological polar surface area (TPSA) is 24.1 Å². The molecule has 0 saturated carbocycles. The van der Waals surface area contributed by atoms with E-state index < -0.39 is 0 Å². The van der Waals surface area contributed by atoms with Crippen LogP contribution in [0.3, 0.4) is 0 Å². The molecule has 2 rings (SSSR count). The van der Waals surface area contributed by atoms with Gasteiger partial charge in [-0.15, -0.1) is 0 Å². The molecule has 0 bridgehead atoms. The maximum atomic E-state index is 9.16. The Morgan fingerprint density at radius 2 is 1.93 bits per heavy atom. The van der Waals surface area contributed by atoms with Gasteiger partial charge in [0.1, 0.15) is 0 Å². The van der Waals surface area contributed by atoms with E-state index in [4.69, 9.17) is 5.11 Å².